The summed E-state index contributed by atoms with van der Waals surface area (Å²) in [6, 6.07) is 10.3. The van der Waals surface area contributed by atoms with Crippen molar-refractivity contribution in [2.75, 3.05) is 13.1 Å². The Bertz CT molecular complexity index is 916. The summed E-state index contributed by atoms with van der Waals surface area (Å²) in [5.41, 5.74) is 1.96. The van der Waals surface area contributed by atoms with Gasteiger partial charge in [0.25, 0.3) is 0 Å². The molecule has 0 N–H and O–H groups in total. The van der Waals surface area contributed by atoms with E-state index in [1.54, 1.807) is 0 Å². The van der Waals surface area contributed by atoms with Gasteiger partial charge in [0, 0.05) is 25.2 Å². The Morgan fingerprint density at radius 2 is 1.45 bits per heavy atom. The molecule has 1 aliphatic carbocycles. The number of aliphatic imine (C=N–C) groups is 1. The van der Waals surface area contributed by atoms with Crippen LogP contribution in [-0.4, -0.2) is 58.3 Å². The Balaban J connectivity index is 1.78. The number of rotatable bonds is 3. The molecule has 1 aromatic carbocycles. The first-order chi connectivity index (χ1) is 15.4. The molecule has 0 bridgehead atoms. The molecule has 1 heterocycles. The maximum Gasteiger partial charge on any atom is 0.413 e. The standard InChI is InChI=1S/C26H35N3O4/c1-25(2,3)32-23(30)28-16-17-29(24(31)33-26(4,5)6)22(28)27-21-14-12-20(13-15-21)18-19-10-8-7-9-11-19/h7-14,22H,15-18H2,1-6H3. The van der Waals surface area contributed by atoms with Crippen molar-refractivity contribution in [1.82, 2.24) is 9.80 Å². The average Bonchev–Trinajstić information content (AvgIpc) is 3.11. The zero-order valence-electron chi connectivity index (χ0n) is 20.5. The van der Waals surface area contributed by atoms with Crippen molar-refractivity contribution in [1.29, 1.82) is 0 Å². The van der Waals surface area contributed by atoms with Crippen molar-refractivity contribution in [3.8, 4) is 0 Å². The van der Waals surface area contributed by atoms with Gasteiger partial charge in [-0.1, -0.05) is 42.5 Å². The molecule has 33 heavy (non-hydrogen) atoms. The number of allylic oxidation sites excluding steroid dienone is 4. The number of benzene rings is 1. The third-order valence-electron chi connectivity index (χ3n) is 4.99. The molecule has 2 amide bonds. The van der Waals surface area contributed by atoms with Gasteiger partial charge in [-0.2, -0.15) is 0 Å². The smallest absolute Gasteiger partial charge is 0.413 e. The molecule has 0 radical (unpaired) electrons. The van der Waals surface area contributed by atoms with Crippen LogP contribution in [0, 0.1) is 0 Å². The lowest BCUT2D eigenvalue weighted by Gasteiger charge is -2.31. The second-order valence-electron chi connectivity index (χ2n) is 10.3. The lowest BCUT2D eigenvalue weighted by Crippen LogP contribution is -2.46. The molecule has 0 spiro atoms. The van der Waals surface area contributed by atoms with E-state index in [9.17, 15) is 9.59 Å². The summed E-state index contributed by atoms with van der Waals surface area (Å²) in [4.78, 5) is 33.4. The first-order valence-corrected chi connectivity index (χ1v) is 11.4. The minimum Gasteiger partial charge on any atom is -0.444 e. The van der Waals surface area contributed by atoms with Gasteiger partial charge in [-0.25, -0.2) is 14.6 Å². The fourth-order valence-electron chi connectivity index (χ4n) is 3.55. The highest BCUT2D eigenvalue weighted by Crippen LogP contribution is 2.24. The van der Waals surface area contributed by atoms with Crippen LogP contribution in [-0.2, 0) is 15.9 Å². The third kappa shape index (κ3) is 7.20. The number of carbonyl (C=O) groups is 2. The van der Waals surface area contributed by atoms with Crippen LogP contribution in [0.2, 0.25) is 0 Å². The molecule has 7 heteroatoms. The van der Waals surface area contributed by atoms with E-state index in [0.29, 0.717) is 19.5 Å². The van der Waals surface area contributed by atoms with Gasteiger partial charge in [0.2, 0.25) is 6.29 Å². The number of nitrogens with zero attached hydrogens (tertiary/aromatic N) is 3. The van der Waals surface area contributed by atoms with Crippen LogP contribution < -0.4 is 0 Å². The molecule has 2 aliphatic rings. The van der Waals surface area contributed by atoms with Crippen LogP contribution in [0.15, 0.2) is 59.1 Å². The van der Waals surface area contributed by atoms with Crippen molar-refractivity contribution >= 4 is 17.9 Å². The minimum absolute atomic E-state index is 0.328. The fraction of sp³-hybridized carbons (Fsp3) is 0.500. The van der Waals surface area contributed by atoms with Crippen LogP contribution in [0.4, 0.5) is 9.59 Å². The van der Waals surface area contributed by atoms with Crippen molar-refractivity contribution in [2.45, 2.75) is 71.9 Å². The van der Waals surface area contributed by atoms with Crippen molar-refractivity contribution in [2.24, 2.45) is 4.99 Å². The fourth-order valence-corrected chi connectivity index (χ4v) is 3.55. The summed E-state index contributed by atoms with van der Waals surface area (Å²) in [5.74, 6) is 0. The molecule has 0 saturated carbocycles. The zero-order valence-corrected chi connectivity index (χ0v) is 20.5. The summed E-state index contributed by atoms with van der Waals surface area (Å²) in [6.07, 6.45) is 5.80. The average molecular weight is 454 g/mol. The van der Waals surface area contributed by atoms with Gasteiger partial charge in [-0.3, -0.25) is 9.80 Å². The Kier molecular flexibility index (Phi) is 7.30. The first kappa shape index (κ1) is 24.6. The summed E-state index contributed by atoms with van der Waals surface area (Å²) < 4.78 is 11.1. The number of amides is 2. The quantitative estimate of drug-likeness (QED) is 0.620. The Hall–Kier alpha value is -3.09. The normalized spacial score (nSPS) is 18.5. The maximum absolute atomic E-state index is 12.8. The Labute approximate surface area is 196 Å². The molecule has 1 saturated heterocycles. The van der Waals surface area contributed by atoms with E-state index in [1.165, 1.54) is 20.9 Å². The van der Waals surface area contributed by atoms with Gasteiger partial charge in [0.1, 0.15) is 11.2 Å². The van der Waals surface area contributed by atoms with E-state index in [4.69, 9.17) is 14.5 Å². The summed E-state index contributed by atoms with van der Waals surface area (Å²) in [6.45, 7) is 11.6. The lowest BCUT2D eigenvalue weighted by molar-refractivity contribution is 0.00194. The van der Waals surface area contributed by atoms with Crippen molar-refractivity contribution in [3.05, 3.63) is 59.7 Å². The van der Waals surface area contributed by atoms with Crippen LogP contribution in [0.25, 0.3) is 0 Å². The third-order valence-corrected chi connectivity index (χ3v) is 4.99. The SMILES string of the molecule is CC(C)(C)OC(=O)N1CCN(C(=O)OC(C)(C)C)C1N=C1C=CC(Cc2ccccc2)=CC1. The highest BCUT2D eigenvalue weighted by Gasteiger charge is 2.41. The van der Waals surface area contributed by atoms with E-state index in [0.717, 1.165) is 12.1 Å². The van der Waals surface area contributed by atoms with Gasteiger partial charge in [0.05, 0.1) is 0 Å². The largest absolute Gasteiger partial charge is 0.444 e. The van der Waals surface area contributed by atoms with Gasteiger partial charge in [0.15, 0.2) is 0 Å². The highest BCUT2D eigenvalue weighted by molar-refractivity contribution is 5.98. The molecule has 0 aromatic heterocycles. The summed E-state index contributed by atoms with van der Waals surface area (Å²) >= 11 is 0. The number of hydrogen-bond donors (Lipinski definition) is 0. The second kappa shape index (κ2) is 9.81. The molecular formula is C26H35N3O4. The van der Waals surface area contributed by atoms with Gasteiger partial charge >= 0.3 is 12.2 Å². The van der Waals surface area contributed by atoms with E-state index in [2.05, 4.69) is 18.2 Å². The van der Waals surface area contributed by atoms with E-state index in [-0.39, 0.29) is 0 Å². The van der Waals surface area contributed by atoms with E-state index >= 15 is 0 Å². The van der Waals surface area contributed by atoms with Crippen LogP contribution >= 0.6 is 0 Å². The predicted octanol–water partition coefficient (Wildman–Crippen LogP) is 5.33. The molecule has 0 unspecified atom stereocenters. The first-order valence-electron chi connectivity index (χ1n) is 11.4. The van der Waals surface area contributed by atoms with Crippen LogP contribution in [0.3, 0.4) is 0 Å². The minimum atomic E-state index is -0.807. The Morgan fingerprint density at radius 3 is 1.91 bits per heavy atom. The monoisotopic (exact) mass is 453 g/mol. The molecule has 1 aliphatic heterocycles. The molecule has 0 atom stereocenters. The highest BCUT2D eigenvalue weighted by atomic mass is 16.6. The number of hydrogen-bond acceptors (Lipinski definition) is 5. The molecule has 3 rings (SSSR count). The summed E-state index contributed by atoms with van der Waals surface area (Å²) in [7, 11) is 0. The predicted molar refractivity (Wildman–Crippen MR) is 129 cm³/mol. The van der Waals surface area contributed by atoms with E-state index in [1.807, 2.05) is 71.9 Å². The van der Waals surface area contributed by atoms with Gasteiger partial charge < -0.3 is 9.47 Å². The molecule has 178 valence electrons. The second-order valence-corrected chi connectivity index (χ2v) is 10.3. The lowest BCUT2D eigenvalue weighted by atomic mass is 9.99. The van der Waals surface area contributed by atoms with Gasteiger partial charge in [-0.15, -0.1) is 0 Å². The van der Waals surface area contributed by atoms with Crippen molar-refractivity contribution in [3.63, 3.8) is 0 Å². The number of carbonyl (C=O) groups excluding carboxylic acids is 2. The van der Waals surface area contributed by atoms with Crippen LogP contribution in [0.5, 0.6) is 0 Å². The van der Waals surface area contributed by atoms with E-state index < -0.39 is 29.7 Å². The zero-order chi connectivity index (χ0) is 24.2. The summed E-state index contributed by atoms with van der Waals surface area (Å²) in [5, 5.41) is 0. The molecule has 7 nitrogen and oxygen atoms in total. The molecule has 1 aromatic rings. The Morgan fingerprint density at radius 1 is 0.909 bits per heavy atom. The van der Waals surface area contributed by atoms with Crippen LogP contribution in [0.1, 0.15) is 53.5 Å². The molecular weight excluding hydrogens is 418 g/mol. The maximum atomic E-state index is 12.8. The number of ether oxygens (including phenoxy) is 2. The van der Waals surface area contributed by atoms with Crippen molar-refractivity contribution < 1.29 is 19.1 Å². The van der Waals surface area contributed by atoms with Gasteiger partial charge in [-0.05, 0) is 65.2 Å². The topological polar surface area (TPSA) is 71.4 Å². The molecule has 1 fully saturated rings.